The lowest BCUT2D eigenvalue weighted by molar-refractivity contribution is -0.154. The second-order valence-corrected chi connectivity index (χ2v) is 11.7. The van der Waals surface area contributed by atoms with Crippen molar-refractivity contribution in [2.75, 3.05) is 33.0 Å². The molecule has 42 heavy (non-hydrogen) atoms. The van der Waals surface area contributed by atoms with Crippen molar-refractivity contribution >= 4 is 13.8 Å². The second-order valence-electron chi connectivity index (χ2n) is 10.3. The van der Waals surface area contributed by atoms with Crippen molar-refractivity contribution in [2.24, 2.45) is 5.73 Å². The Kier molecular flexibility index (Phi) is 29.8. The lowest BCUT2D eigenvalue weighted by Gasteiger charge is -2.20. The summed E-state index contributed by atoms with van der Waals surface area (Å²) in [6.45, 7) is 4.57. The summed E-state index contributed by atoms with van der Waals surface area (Å²) >= 11 is 0. The van der Waals surface area contributed by atoms with Crippen molar-refractivity contribution in [3.8, 4) is 0 Å². The van der Waals surface area contributed by atoms with Crippen molar-refractivity contribution in [1.29, 1.82) is 0 Å². The van der Waals surface area contributed by atoms with Gasteiger partial charge in [-0.3, -0.25) is 13.8 Å². The minimum Gasteiger partial charge on any atom is -0.457 e. The highest BCUT2D eigenvalue weighted by Crippen LogP contribution is 2.43. The molecule has 0 aliphatic rings. The average molecular weight is 614 g/mol. The number of phosphoric ester groups is 1. The van der Waals surface area contributed by atoms with Crippen molar-refractivity contribution in [1.82, 2.24) is 0 Å². The van der Waals surface area contributed by atoms with Gasteiger partial charge in [-0.15, -0.1) is 0 Å². The largest absolute Gasteiger partial charge is 0.472 e. The lowest BCUT2D eigenvalue weighted by Crippen LogP contribution is -2.28. The maximum Gasteiger partial charge on any atom is 0.472 e. The summed E-state index contributed by atoms with van der Waals surface area (Å²) in [5.74, 6) is -0.363. The number of unbranched alkanes of at least 4 members (excludes halogenated alkanes) is 9. The van der Waals surface area contributed by atoms with Crippen molar-refractivity contribution in [3.63, 3.8) is 0 Å². The van der Waals surface area contributed by atoms with E-state index in [1.165, 1.54) is 32.1 Å². The van der Waals surface area contributed by atoms with Crippen LogP contribution in [0.1, 0.15) is 117 Å². The fourth-order valence-corrected chi connectivity index (χ4v) is 4.69. The molecule has 2 atom stereocenters. The Hall–Kier alpha value is -1.54. The molecule has 0 aliphatic carbocycles. The third-order valence-electron chi connectivity index (χ3n) is 6.26. The summed E-state index contributed by atoms with van der Waals surface area (Å²) in [6, 6.07) is 0. The number of hydrogen-bond acceptors (Lipinski definition) is 7. The van der Waals surface area contributed by atoms with Gasteiger partial charge in [0, 0.05) is 19.6 Å². The molecule has 0 rings (SSSR count). The number of hydrogen-bond donors (Lipinski definition) is 2. The summed E-state index contributed by atoms with van der Waals surface area (Å²) in [4.78, 5) is 21.8. The molecule has 0 aromatic rings. The molecule has 0 saturated heterocycles. The fourth-order valence-electron chi connectivity index (χ4n) is 3.93. The van der Waals surface area contributed by atoms with E-state index in [0.29, 0.717) is 13.0 Å². The van der Waals surface area contributed by atoms with E-state index in [0.717, 1.165) is 64.2 Å². The minimum absolute atomic E-state index is 0.0961. The Morgan fingerprint density at radius 3 is 1.95 bits per heavy atom. The van der Waals surface area contributed by atoms with E-state index in [2.05, 4.69) is 62.5 Å². The first-order valence-corrected chi connectivity index (χ1v) is 17.6. The number of esters is 1. The molecule has 3 N–H and O–H groups in total. The molecule has 0 aromatic heterocycles. The summed E-state index contributed by atoms with van der Waals surface area (Å²) in [5, 5.41) is 0. The number of carbonyl (C=O) groups is 1. The zero-order valence-corrected chi connectivity index (χ0v) is 27.4. The van der Waals surface area contributed by atoms with Crippen LogP contribution in [0.2, 0.25) is 0 Å². The minimum atomic E-state index is -4.25. The van der Waals surface area contributed by atoms with Gasteiger partial charge >= 0.3 is 13.8 Å². The molecule has 2 unspecified atom stereocenters. The highest BCUT2D eigenvalue weighted by atomic mass is 31.2. The Balaban J connectivity index is 3.90. The highest BCUT2D eigenvalue weighted by Gasteiger charge is 2.25. The predicted molar refractivity (Wildman–Crippen MR) is 173 cm³/mol. The van der Waals surface area contributed by atoms with Crippen molar-refractivity contribution in [2.45, 2.75) is 123 Å². The van der Waals surface area contributed by atoms with Gasteiger partial charge in [0.05, 0.1) is 19.8 Å². The zero-order valence-electron chi connectivity index (χ0n) is 26.5. The van der Waals surface area contributed by atoms with Crippen LogP contribution in [0.3, 0.4) is 0 Å². The number of rotatable bonds is 30. The molecule has 0 aliphatic heterocycles. The molecular formula is C33H60NO7P. The van der Waals surface area contributed by atoms with Crippen LogP contribution < -0.4 is 5.73 Å². The summed E-state index contributed by atoms with van der Waals surface area (Å²) in [6.07, 6.45) is 33.4. The topological polar surface area (TPSA) is 117 Å². The highest BCUT2D eigenvalue weighted by molar-refractivity contribution is 7.47. The van der Waals surface area contributed by atoms with Gasteiger partial charge in [0.1, 0.15) is 6.10 Å². The molecule has 8 nitrogen and oxygen atoms in total. The molecule has 244 valence electrons. The molecule has 0 bridgehead atoms. The molecule has 0 amide bonds. The van der Waals surface area contributed by atoms with Crippen LogP contribution in [0, 0.1) is 0 Å². The average Bonchev–Trinajstić information content (AvgIpc) is 2.97. The number of ether oxygens (including phenoxy) is 2. The number of nitrogens with two attached hydrogens (primary N) is 1. The molecular weight excluding hydrogens is 553 g/mol. The van der Waals surface area contributed by atoms with Gasteiger partial charge in [-0.05, 0) is 51.4 Å². The quantitative estimate of drug-likeness (QED) is 0.0358. The molecule has 0 fully saturated rings. The van der Waals surface area contributed by atoms with Crippen LogP contribution in [0.4, 0.5) is 0 Å². The first kappa shape index (κ1) is 40.5. The first-order valence-electron chi connectivity index (χ1n) is 16.1. The molecule has 0 aromatic carbocycles. The van der Waals surface area contributed by atoms with Crippen LogP contribution >= 0.6 is 7.82 Å². The van der Waals surface area contributed by atoms with E-state index < -0.39 is 13.9 Å². The lowest BCUT2D eigenvalue weighted by atomic mass is 10.1. The van der Waals surface area contributed by atoms with Crippen LogP contribution in [0.15, 0.2) is 48.6 Å². The molecule has 0 saturated carbocycles. The van der Waals surface area contributed by atoms with E-state index >= 15 is 0 Å². The predicted octanol–water partition coefficient (Wildman–Crippen LogP) is 8.51. The van der Waals surface area contributed by atoms with E-state index in [9.17, 15) is 14.3 Å². The summed E-state index contributed by atoms with van der Waals surface area (Å²) < 4.78 is 32.8. The Morgan fingerprint density at radius 1 is 0.738 bits per heavy atom. The van der Waals surface area contributed by atoms with Gasteiger partial charge in [0.2, 0.25) is 0 Å². The standard InChI is InChI=1S/C33H60NO7P/c1-3-5-7-8-9-10-11-12-13-14-15-16-17-18-19-20-21-22-23-25-28-38-30-32(41-33(35)26-24-6-4-2)31-40-42(36,37)39-29-27-34/h5,7,9-10,12-13,15-16,32H,3-4,6,8,11,14,17-31,34H2,1-2H3,(H,36,37)/b7-5-,10-9-,13-12-,16-15-. The van der Waals surface area contributed by atoms with E-state index in [1.54, 1.807) is 0 Å². The van der Waals surface area contributed by atoms with E-state index in [-0.39, 0.29) is 32.3 Å². The third kappa shape index (κ3) is 29.9. The molecule has 9 heteroatoms. The first-order chi connectivity index (χ1) is 20.4. The SMILES string of the molecule is CC/C=C\C/C=C\C/C=C\C/C=C\CCCCCCCCCOCC(COP(=O)(O)OCCN)OC(=O)CCCCC. The van der Waals surface area contributed by atoms with Crippen LogP contribution in [0.5, 0.6) is 0 Å². The fraction of sp³-hybridized carbons (Fsp3) is 0.727. The number of carbonyl (C=O) groups excluding carboxylic acids is 1. The van der Waals surface area contributed by atoms with Crippen LogP contribution in [0.25, 0.3) is 0 Å². The summed E-state index contributed by atoms with van der Waals surface area (Å²) in [5.41, 5.74) is 5.30. The van der Waals surface area contributed by atoms with Gasteiger partial charge < -0.3 is 20.1 Å². The van der Waals surface area contributed by atoms with E-state index in [1.807, 2.05) is 0 Å². The van der Waals surface area contributed by atoms with Gasteiger partial charge in [-0.1, -0.05) is 107 Å². The summed E-state index contributed by atoms with van der Waals surface area (Å²) in [7, 11) is -4.25. The molecule has 0 radical (unpaired) electrons. The maximum atomic E-state index is 12.1. The van der Waals surface area contributed by atoms with Gasteiger partial charge in [-0.25, -0.2) is 4.57 Å². The molecule has 0 spiro atoms. The molecule has 0 heterocycles. The van der Waals surface area contributed by atoms with E-state index in [4.69, 9.17) is 24.3 Å². The Morgan fingerprint density at radius 2 is 1.33 bits per heavy atom. The normalized spacial score (nSPS) is 14.5. The van der Waals surface area contributed by atoms with Crippen LogP contribution in [-0.4, -0.2) is 49.9 Å². The van der Waals surface area contributed by atoms with Crippen molar-refractivity contribution < 1.29 is 32.8 Å². The smallest absolute Gasteiger partial charge is 0.457 e. The Bertz CT molecular complexity index is 782. The van der Waals surface area contributed by atoms with Gasteiger partial charge in [0.15, 0.2) is 0 Å². The number of allylic oxidation sites excluding steroid dienone is 8. The monoisotopic (exact) mass is 613 g/mol. The van der Waals surface area contributed by atoms with Gasteiger partial charge in [-0.2, -0.15) is 0 Å². The van der Waals surface area contributed by atoms with Crippen LogP contribution in [-0.2, 0) is 27.9 Å². The number of phosphoric acid groups is 1. The zero-order chi connectivity index (χ0) is 31.0. The second kappa shape index (κ2) is 30.9. The Labute approximate surface area is 256 Å². The third-order valence-corrected chi connectivity index (χ3v) is 7.24. The van der Waals surface area contributed by atoms with Crippen molar-refractivity contribution in [3.05, 3.63) is 48.6 Å². The van der Waals surface area contributed by atoms with Gasteiger partial charge in [0.25, 0.3) is 0 Å². The maximum absolute atomic E-state index is 12.1.